The highest BCUT2D eigenvalue weighted by Crippen LogP contribution is 2.25. The Morgan fingerprint density at radius 3 is 2.76 bits per heavy atom. The van der Waals surface area contributed by atoms with E-state index in [2.05, 4.69) is 36.2 Å². The number of rotatable bonds is 6. The summed E-state index contributed by atoms with van der Waals surface area (Å²) in [4.78, 5) is 0.181. The molecule has 2 N–H and O–H groups in total. The summed E-state index contributed by atoms with van der Waals surface area (Å²) in [5, 5.41) is 10.8. The molecule has 0 aliphatic heterocycles. The van der Waals surface area contributed by atoms with Crippen molar-refractivity contribution in [1.82, 2.24) is 15.5 Å². The van der Waals surface area contributed by atoms with Crippen LogP contribution >= 0.6 is 27.3 Å². The predicted molar refractivity (Wildman–Crippen MR) is 86.8 cm³/mol. The molecule has 0 spiro atoms. The second-order valence-electron chi connectivity index (χ2n) is 4.65. The van der Waals surface area contributed by atoms with Crippen molar-refractivity contribution in [2.24, 2.45) is 0 Å². The molecule has 0 radical (unpaired) electrons. The van der Waals surface area contributed by atoms with Crippen LogP contribution < -0.4 is 10.0 Å². The maximum atomic E-state index is 12.4. The first-order valence-corrected chi connectivity index (χ1v) is 9.35. The maximum absolute atomic E-state index is 12.4. The Morgan fingerprint density at radius 1 is 1.38 bits per heavy atom. The molecule has 0 saturated carbocycles. The molecule has 0 bridgehead atoms. The first-order valence-electron chi connectivity index (χ1n) is 6.19. The van der Waals surface area contributed by atoms with E-state index in [-0.39, 0.29) is 10.0 Å². The quantitative estimate of drug-likeness (QED) is 0.791. The molecule has 0 fully saturated rings. The smallest absolute Gasteiger partial charge is 0.264 e. The Bertz CT molecular complexity index is 702. The van der Waals surface area contributed by atoms with Gasteiger partial charge in [-0.1, -0.05) is 31.3 Å². The van der Waals surface area contributed by atoms with Gasteiger partial charge >= 0.3 is 0 Å². The summed E-state index contributed by atoms with van der Waals surface area (Å²) in [5.41, 5.74) is 2.36. The Labute approximate surface area is 136 Å². The van der Waals surface area contributed by atoms with E-state index in [1.165, 1.54) is 5.51 Å². The van der Waals surface area contributed by atoms with Crippen molar-refractivity contribution in [3.05, 3.63) is 33.7 Å². The number of halogens is 1. The minimum absolute atomic E-state index is 0.181. The molecule has 0 saturated heterocycles. The molecule has 0 aliphatic carbocycles. The second kappa shape index (κ2) is 6.82. The number of nitrogens with zero attached hydrogens (tertiary/aromatic N) is 2. The van der Waals surface area contributed by atoms with Crippen LogP contribution in [-0.2, 0) is 16.6 Å². The standard InChI is InChI=1S/C12H15BrN4O2S2/c1-8(2)14-6-9-3-4-10(13)11(5-9)21(18,19)17-12-16-15-7-20-12/h3-5,7-8,14H,6H2,1-2H3,(H,16,17). The van der Waals surface area contributed by atoms with Gasteiger partial charge in [-0.05, 0) is 33.6 Å². The normalized spacial score (nSPS) is 11.8. The average molecular weight is 391 g/mol. The van der Waals surface area contributed by atoms with Gasteiger partial charge in [-0.2, -0.15) is 0 Å². The van der Waals surface area contributed by atoms with Crippen molar-refractivity contribution >= 4 is 42.4 Å². The van der Waals surface area contributed by atoms with Gasteiger partial charge in [0.15, 0.2) is 0 Å². The molecule has 6 nitrogen and oxygen atoms in total. The van der Waals surface area contributed by atoms with Gasteiger partial charge in [0.25, 0.3) is 10.0 Å². The fraction of sp³-hybridized carbons (Fsp3) is 0.333. The molecule has 1 aromatic carbocycles. The molecule has 0 unspecified atom stereocenters. The molecule has 1 aromatic heterocycles. The number of hydrogen-bond acceptors (Lipinski definition) is 6. The third-order valence-corrected chi connectivity index (χ3v) is 5.65. The molecular formula is C12H15BrN4O2S2. The summed E-state index contributed by atoms with van der Waals surface area (Å²) in [6.07, 6.45) is 0. The van der Waals surface area contributed by atoms with Crippen LogP contribution in [0.3, 0.4) is 0 Å². The summed E-state index contributed by atoms with van der Waals surface area (Å²) in [6.45, 7) is 4.67. The molecule has 21 heavy (non-hydrogen) atoms. The van der Waals surface area contributed by atoms with Crippen LogP contribution in [0.1, 0.15) is 19.4 Å². The molecule has 2 aromatic rings. The van der Waals surface area contributed by atoms with E-state index in [1.54, 1.807) is 12.1 Å². The minimum atomic E-state index is -3.69. The molecular weight excluding hydrogens is 376 g/mol. The van der Waals surface area contributed by atoms with E-state index in [9.17, 15) is 8.42 Å². The highest BCUT2D eigenvalue weighted by Gasteiger charge is 2.19. The zero-order chi connectivity index (χ0) is 15.5. The van der Waals surface area contributed by atoms with E-state index in [0.717, 1.165) is 16.9 Å². The largest absolute Gasteiger partial charge is 0.310 e. The van der Waals surface area contributed by atoms with Crippen molar-refractivity contribution in [1.29, 1.82) is 0 Å². The summed E-state index contributed by atoms with van der Waals surface area (Å²) < 4.78 is 27.7. The summed E-state index contributed by atoms with van der Waals surface area (Å²) in [6, 6.07) is 5.58. The van der Waals surface area contributed by atoms with E-state index in [0.29, 0.717) is 17.1 Å². The summed E-state index contributed by atoms with van der Waals surface area (Å²) in [7, 11) is -3.69. The molecule has 1 heterocycles. The Balaban J connectivity index is 2.27. The van der Waals surface area contributed by atoms with Gasteiger partial charge in [0.2, 0.25) is 5.13 Å². The Morgan fingerprint density at radius 2 is 2.14 bits per heavy atom. The molecule has 0 aliphatic rings. The van der Waals surface area contributed by atoms with Crippen LogP contribution in [0.25, 0.3) is 0 Å². The molecule has 114 valence electrons. The molecule has 2 rings (SSSR count). The zero-order valence-electron chi connectivity index (χ0n) is 11.5. The lowest BCUT2D eigenvalue weighted by molar-refractivity contribution is 0.586. The van der Waals surface area contributed by atoms with E-state index >= 15 is 0 Å². The Hall–Kier alpha value is -1.03. The first-order chi connectivity index (χ1) is 9.88. The van der Waals surface area contributed by atoms with Gasteiger partial charge in [0, 0.05) is 17.1 Å². The predicted octanol–water partition coefficient (Wildman–Crippen LogP) is 2.60. The van der Waals surface area contributed by atoms with Crippen LogP contribution in [0.5, 0.6) is 0 Å². The Kier molecular flexibility index (Phi) is 5.31. The highest BCUT2D eigenvalue weighted by molar-refractivity contribution is 9.10. The number of benzene rings is 1. The molecule has 0 atom stereocenters. The van der Waals surface area contributed by atoms with E-state index in [4.69, 9.17) is 0 Å². The van der Waals surface area contributed by atoms with Gasteiger partial charge in [-0.15, -0.1) is 10.2 Å². The lowest BCUT2D eigenvalue weighted by atomic mass is 10.2. The van der Waals surface area contributed by atoms with Crippen molar-refractivity contribution in [2.75, 3.05) is 4.72 Å². The number of sulfonamides is 1. The summed E-state index contributed by atoms with van der Waals surface area (Å²) in [5.74, 6) is 0. The third-order valence-electron chi connectivity index (χ3n) is 2.58. The van der Waals surface area contributed by atoms with E-state index in [1.807, 2.05) is 19.9 Å². The number of nitrogens with one attached hydrogen (secondary N) is 2. The van der Waals surface area contributed by atoms with Gasteiger partial charge in [0.05, 0.1) is 0 Å². The van der Waals surface area contributed by atoms with Crippen LogP contribution in [0.4, 0.5) is 5.13 Å². The first kappa shape index (κ1) is 16.3. The van der Waals surface area contributed by atoms with Gasteiger partial charge in [-0.25, -0.2) is 8.42 Å². The van der Waals surface area contributed by atoms with Crippen molar-refractivity contribution in [2.45, 2.75) is 31.3 Å². The van der Waals surface area contributed by atoms with Crippen LogP contribution in [-0.4, -0.2) is 24.7 Å². The average Bonchev–Trinajstić information content (AvgIpc) is 2.89. The lowest BCUT2D eigenvalue weighted by Crippen LogP contribution is -2.22. The summed E-state index contributed by atoms with van der Waals surface area (Å²) >= 11 is 4.41. The van der Waals surface area contributed by atoms with Crippen LogP contribution in [0.2, 0.25) is 0 Å². The topological polar surface area (TPSA) is 84.0 Å². The van der Waals surface area contributed by atoms with E-state index < -0.39 is 10.0 Å². The van der Waals surface area contributed by atoms with Crippen molar-refractivity contribution in [3.8, 4) is 0 Å². The lowest BCUT2D eigenvalue weighted by Gasteiger charge is -2.11. The second-order valence-corrected chi connectivity index (χ2v) is 7.99. The monoisotopic (exact) mass is 390 g/mol. The zero-order valence-corrected chi connectivity index (χ0v) is 14.7. The van der Waals surface area contributed by atoms with Gasteiger partial charge in [0.1, 0.15) is 10.4 Å². The highest BCUT2D eigenvalue weighted by atomic mass is 79.9. The molecule has 9 heteroatoms. The van der Waals surface area contributed by atoms with Crippen LogP contribution in [0, 0.1) is 0 Å². The number of anilines is 1. The fourth-order valence-electron chi connectivity index (χ4n) is 1.57. The van der Waals surface area contributed by atoms with Gasteiger partial charge < -0.3 is 5.32 Å². The van der Waals surface area contributed by atoms with Gasteiger partial charge in [-0.3, -0.25) is 4.72 Å². The molecule has 0 amide bonds. The van der Waals surface area contributed by atoms with Crippen molar-refractivity contribution in [3.63, 3.8) is 0 Å². The number of aromatic nitrogens is 2. The minimum Gasteiger partial charge on any atom is -0.310 e. The number of hydrogen-bond donors (Lipinski definition) is 2. The SMILES string of the molecule is CC(C)NCc1ccc(Br)c(S(=O)(=O)Nc2nncs2)c1. The van der Waals surface area contributed by atoms with Crippen LogP contribution in [0.15, 0.2) is 33.1 Å². The third kappa shape index (κ3) is 4.47. The van der Waals surface area contributed by atoms with Crippen molar-refractivity contribution < 1.29 is 8.42 Å². The maximum Gasteiger partial charge on any atom is 0.264 e. The fourth-order valence-corrected chi connectivity index (χ4v) is 4.28.